The van der Waals surface area contributed by atoms with Gasteiger partial charge in [-0.2, -0.15) is 0 Å². The van der Waals surface area contributed by atoms with Crippen molar-refractivity contribution in [1.82, 2.24) is 0 Å². The van der Waals surface area contributed by atoms with E-state index in [-0.39, 0.29) is 5.78 Å². The molecule has 1 atom stereocenters. The highest BCUT2D eigenvalue weighted by atomic mass is 16.5. The summed E-state index contributed by atoms with van der Waals surface area (Å²) in [6.45, 7) is 6.34. The van der Waals surface area contributed by atoms with Gasteiger partial charge < -0.3 is 9.47 Å². The number of rotatable bonds is 7. The lowest BCUT2D eigenvalue weighted by atomic mass is 9.81. The fourth-order valence-corrected chi connectivity index (χ4v) is 3.06. The average molecular weight is 284 g/mol. The van der Waals surface area contributed by atoms with Crippen LogP contribution in [0.3, 0.4) is 0 Å². The van der Waals surface area contributed by atoms with E-state index in [2.05, 4.69) is 0 Å². The maximum Gasteiger partial charge on any atom is 0.316 e. The maximum absolute atomic E-state index is 12.9. The van der Waals surface area contributed by atoms with Crippen LogP contribution in [0.1, 0.15) is 65.7 Å². The average Bonchev–Trinajstić information content (AvgIpc) is 2.67. The Balaban J connectivity index is 2.92. The monoisotopic (exact) mass is 284 g/mol. The molecule has 1 fully saturated rings. The third-order valence-electron chi connectivity index (χ3n) is 4.08. The third-order valence-corrected chi connectivity index (χ3v) is 4.08. The molecule has 0 heterocycles. The summed E-state index contributed by atoms with van der Waals surface area (Å²) >= 11 is 0. The zero-order valence-electron chi connectivity index (χ0n) is 13.1. The highest BCUT2D eigenvalue weighted by Crippen LogP contribution is 2.34. The van der Waals surface area contributed by atoms with Gasteiger partial charge in [-0.25, -0.2) is 0 Å². The van der Waals surface area contributed by atoms with E-state index in [0.717, 1.165) is 38.5 Å². The van der Waals surface area contributed by atoms with Crippen molar-refractivity contribution >= 4 is 11.8 Å². The van der Waals surface area contributed by atoms with E-state index < -0.39 is 17.5 Å². The second kappa shape index (κ2) is 8.40. The summed E-state index contributed by atoms with van der Waals surface area (Å²) in [6, 6.07) is 0. The minimum Gasteiger partial charge on any atom is -0.465 e. The van der Waals surface area contributed by atoms with Gasteiger partial charge in [-0.05, 0) is 33.1 Å². The van der Waals surface area contributed by atoms with Crippen LogP contribution in [-0.4, -0.2) is 30.6 Å². The Morgan fingerprint density at radius 2 is 1.60 bits per heavy atom. The summed E-state index contributed by atoms with van der Waals surface area (Å²) in [5.74, 6) is -1.15. The summed E-state index contributed by atoms with van der Waals surface area (Å²) in [5.41, 5.74) is -0.765. The standard InChI is InChI=1S/C16H28O4/c1-4-13(15(18)19-5-2)14(17)16(20-6-3)11-9-7-8-10-12-16/h13H,4-12H2,1-3H3. The molecule has 0 aliphatic heterocycles. The molecule has 0 spiro atoms. The van der Waals surface area contributed by atoms with Gasteiger partial charge in [-0.15, -0.1) is 0 Å². The van der Waals surface area contributed by atoms with Crippen molar-refractivity contribution in [2.45, 2.75) is 71.3 Å². The van der Waals surface area contributed by atoms with Gasteiger partial charge in [0.15, 0.2) is 5.78 Å². The third kappa shape index (κ3) is 4.05. The molecular weight excluding hydrogens is 256 g/mol. The van der Waals surface area contributed by atoms with Gasteiger partial charge in [0.25, 0.3) is 0 Å². The van der Waals surface area contributed by atoms with E-state index in [0.29, 0.717) is 19.6 Å². The lowest BCUT2D eigenvalue weighted by molar-refractivity contribution is -0.162. The van der Waals surface area contributed by atoms with Crippen LogP contribution in [-0.2, 0) is 19.1 Å². The molecule has 0 saturated heterocycles. The van der Waals surface area contributed by atoms with Crippen molar-refractivity contribution in [3.05, 3.63) is 0 Å². The number of hydrogen-bond acceptors (Lipinski definition) is 4. The number of Topliss-reactive ketones (excluding diaryl/α,β-unsaturated/α-hetero) is 1. The summed E-state index contributed by atoms with van der Waals surface area (Å²) in [5, 5.41) is 0. The van der Waals surface area contributed by atoms with Crippen molar-refractivity contribution in [2.75, 3.05) is 13.2 Å². The van der Waals surface area contributed by atoms with Crippen molar-refractivity contribution in [2.24, 2.45) is 5.92 Å². The lowest BCUT2D eigenvalue weighted by Crippen LogP contribution is -2.47. The van der Waals surface area contributed by atoms with Crippen LogP contribution in [0.5, 0.6) is 0 Å². The van der Waals surface area contributed by atoms with Crippen LogP contribution in [0, 0.1) is 5.92 Å². The van der Waals surface area contributed by atoms with Crippen molar-refractivity contribution in [3.63, 3.8) is 0 Å². The molecule has 0 aromatic rings. The molecule has 4 heteroatoms. The normalized spacial score (nSPS) is 19.9. The molecule has 1 unspecified atom stereocenters. The molecule has 1 saturated carbocycles. The first-order valence-electron chi connectivity index (χ1n) is 7.96. The van der Waals surface area contributed by atoms with Gasteiger partial charge in [0.05, 0.1) is 6.61 Å². The smallest absolute Gasteiger partial charge is 0.316 e. The van der Waals surface area contributed by atoms with E-state index in [4.69, 9.17) is 9.47 Å². The zero-order chi connectivity index (χ0) is 15.0. The molecule has 116 valence electrons. The Morgan fingerprint density at radius 1 is 1.00 bits per heavy atom. The summed E-state index contributed by atoms with van der Waals surface area (Å²) < 4.78 is 10.9. The predicted molar refractivity (Wildman–Crippen MR) is 77.5 cm³/mol. The van der Waals surface area contributed by atoms with Crippen LogP contribution in [0.15, 0.2) is 0 Å². The molecule has 0 radical (unpaired) electrons. The molecule has 20 heavy (non-hydrogen) atoms. The number of hydrogen-bond donors (Lipinski definition) is 0. The van der Waals surface area contributed by atoms with Crippen LogP contribution >= 0.6 is 0 Å². The van der Waals surface area contributed by atoms with Gasteiger partial charge in [0, 0.05) is 6.61 Å². The molecule has 0 aromatic heterocycles. The Morgan fingerprint density at radius 3 is 2.05 bits per heavy atom. The second-order valence-corrected chi connectivity index (χ2v) is 5.42. The van der Waals surface area contributed by atoms with Gasteiger partial charge >= 0.3 is 5.97 Å². The van der Waals surface area contributed by atoms with E-state index in [9.17, 15) is 9.59 Å². The van der Waals surface area contributed by atoms with Gasteiger partial charge in [-0.3, -0.25) is 9.59 Å². The molecule has 0 aromatic carbocycles. The number of esters is 1. The Hall–Kier alpha value is -0.900. The molecule has 1 aliphatic carbocycles. The topological polar surface area (TPSA) is 52.6 Å². The SMILES string of the molecule is CCOC(=O)C(CC)C(=O)C1(OCC)CCCCCC1. The first kappa shape index (κ1) is 17.2. The molecule has 0 bridgehead atoms. The first-order chi connectivity index (χ1) is 9.61. The van der Waals surface area contributed by atoms with Crippen molar-refractivity contribution in [1.29, 1.82) is 0 Å². The van der Waals surface area contributed by atoms with E-state index in [1.54, 1.807) is 6.92 Å². The fraction of sp³-hybridized carbons (Fsp3) is 0.875. The van der Waals surface area contributed by atoms with Crippen LogP contribution in [0.25, 0.3) is 0 Å². The highest BCUT2D eigenvalue weighted by Gasteiger charge is 2.44. The van der Waals surface area contributed by atoms with Gasteiger partial charge in [0.1, 0.15) is 11.5 Å². The number of ketones is 1. The second-order valence-electron chi connectivity index (χ2n) is 5.42. The number of ether oxygens (including phenoxy) is 2. The number of carbonyl (C=O) groups is 2. The highest BCUT2D eigenvalue weighted by molar-refractivity contribution is 6.03. The minimum absolute atomic E-state index is 0.0674. The summed E-state index contributed by atoms with van der Waals surface area (Å²) in [4.78, 5) is 24.9. The van der Waals surface area contributed by atoms with Crippen LogP contribution < -0.4 is 0 Å². The predicted octanol–water partition coefficient (Wildman–Crippen LogP) is 3.27. The fourth-order valence-electron chi connectivity index (χ4n) is 3.06. The summed E-state index contributed by atoms with van der Waals surface area (Å²) in [6.07, 6.45) is 6.20. The molecule has 1 aliphatic rings. The van der Waals surface area contributed by atoms with Crippen LogP contribution in [0.4, 0.5) is 0 Å². The quantitative estimate of drug-likeness (QED) is 0.409. The van der Waals surface area contributed by atoms with Crippen molar-refractivity contribution < 1.29 is 19.1 Å². The van der Waals surface area contributed by atoms with Crippen LogP contribution in [0.2, 0.25) is 0 Å². The van der Waals surface area contributed by atoms with Gasteiger partial charge in [0.2, 0.25) is 0 Å². The molecular formula is C16H28O4. The Kier molecular flexibility index (Phi) is 7.20. The lowest BCUT2D eigenvalue weighted by Gasteiger charge is -2.33. The molecule has 0 amide bonds. The van der Waals surface area contributed by atoms with E-state index in [1.165, 1.54) is 0 Å². The summed E-state index contributed by atoms with van der Waals surface area (Å²) in [7, 11) is 0. The molecule has 4 nitrogen and oxygen atoms in total. The minimum atomic E-state index is -0.765. The van der Waals surface area contributed by atoms with E-state index >= 15 is 0 Å². The molecule has 1 rings (SSSR count). The van der Waals surface area contributed by atoms with E-state index in [1.807, 2.05) is 13.8 Å². The van der Waals surface area contributed by atoms with Gasteiger partial charge in [-0.1, -0.05) is 32.6 Å². The number of carbonyl (C=O) groups excluding carboxylic acids is 2. The molecule has 0 N–H and O–H groups in total. The largest absolute Gasteiger partial charge is 0.465 e. The van der Waals surface area contributed by atoms with Crippen molar-refractivity contribution in [3.8, 4) is 0 Å². The maximum atomic E-state index is 12.9. The zero-order valence-corrected chi connectivity index (χ0v) is 13.1. The first-order valence-corrected chi connectivity index (χ1v) is 7.96. The Bertz CT molecular complexity index is 316. The Labute approximate surface area is 122 Å².